The summed E-state index contributed by atoms with van der Waals surface area (Å²) in [4.78, 5) is 7.78. The highest BCUT2D eigenvalue weighted by Gasteiger charge is 2.28. The second kappa shape index (κ2) is 6.69. The van der Waals surface area contributed by atoms with Gasteiger partial charge in [-0.1, -0.05) is 24.3 Å². The van der Waals surface area contributed by atoms with Gasteiger partial charge in [-0.15, -0.1) is 0 Å². The lowest BCUT2D eigenvalue weighted by Crippen LogP contribution is -2.29. The minimum atomic E-state index is -0.474. The molecule has 4 heteroatoms. The van der Waals surface area contributed by atoms with Crippen LogP contribution in [0.1, 0.15) is 30.5 Å². The van der Waals surface area contributed by atoms with E-state index in [1.165, 1.54) is 43.7 Å². The third kappa shape index (κ3) is 2.54. The van der Waals surface area contributed by atoms with Crippen LogP contribution >= 0.6 is 0 Å². The molecule has 34 heavy (non-hydrogen) atoms. The molecule has 0 bridgehead atoms. The van der Waals surface area contributed by atoms with Gasteiger partial charge in [0.05, 0.1) is 40.3 Å². The van der Waals surface area contributed by atoms with Crippen molar-refractivity contribution in [2.24, 2.45) is 7.05 Å². The van der Waals surface area contributed by atoms with E-state index in [2.05, 4.69) is 76.1 Å². The highest BCUT2D eigenvalue weighted by atomic mass is 15.0. The van der Waals surface area contributed by atoms with E-state index in [-0.39, 0.29) is 0 Å². The Hall–Kier alpha value is -4.15. The van der Waals surface area contributed by atoms with Crippen LogP contribution in [0.5, 0.6) is 0 Å². The quantitative estimate of drug-likeness (QED) is 0.117. The maximum atomic E-state index is 7.91. The SMILES string of the molecule is [C-]#[N+]c1cccc2c3cc(C)c(C)c4c3n(c3cc(CC(C)(C)[N+]#[C-])cc5cc[n+](C)c4c53)c12. The summed E-state index contributed by atoms with van der Waals surface area (Å²) < 4.78 is 4.55. The molecule has 0 N–H and O–H groups in total. The summed E-state index contributed by atoms with van der Waals surface area (Å²) in [6.07, 6.45) is 2.81. The van der Waals surface area contributed by atoms with Crippen molar-refractivity contribution in [2.45, 2.75) is 39.7 Å². The normalized spacial score (nSPS) is 12.3. The van der Waals surface area contributed by atoms with Gasteiger partial charge in [0, 0.05) is 25.3 Å². The molecule has 0 fully saturated rings. The Morgan fingerprint density at radius 2 is 1.76 bits per heavy atom. The van der Waals surface area contributed by atoms with Crippen LogP contribution in [-0.4, -0.2) is 9.94 Å². The van der Waals surface area contributed by atoms with Crippen LogP contribution in [0.3, 0.4) is 0 Å². The molecule has 0 aliphatic rings. The van der Waals surface area contributed by atoms with Crippen LogP contribution in [-0.2, 0) is 13.5 Å². The van der Waals surface area contributed by atoms with Gasteiger partial charge in [-0.2, -0.15) is 0 Å². The first-order valence-electron chi connectivity index (χ1n) is 11.5. The van der Waals surface area contributed by atoms with Gasteiger partial charge in [-0.25, -0.2) is 16.0 Å². The molecule has 0 aliphatic carbocycles. The first-order valence-corrected chi connectivity index (χ1v) is 11.5. The predicted octanol–water partition coefficient (Wildman–Crippen LogP) is 7.22. The standard InChI is InChI=1S/C30H25N4/c1-17-13-22-21-9-8-10-23(31-5)27(21)34-24-15-19(16-30(3,4)32-6)14-20-11-12-33(7)29(26(20)24)25(18(17)2)28(22)34/h8-15H,16H2,1-4,7H3/q+1. The highest BCUT2D eigenvalue weighted by molar-refractivity contribution is 6.27. The monoisotopic (exact) mass is 441 g/mol. The van der Waals surface area contributed by atoms with Crippen molar-refractivity contribution < 1.29 is 4.57 Å². The number of benzene rings is 3. The van der Waals surface area contributed by atoms with E-state index in [1.807, 2.05) is 26.0 Å². The molecule has 0 amide bonds. The van der Waals surface area contributed by atoms with E-state index in [4.69, 9.17) is 13.1 Å². The Labute approximate surface area is 198 Å². The van der Waals surface area contributed by atoms with Gasteiger partial charge in [-0.3, -0.25) is 0 Å². The average molecular weight is 442 g/mol. The Kier molecular flexibility index (Phi) is 4.02. The second-order valence-corrected chi connectivity index (χ2v) is 10.2. The van der Waals surface area contributed by atoms with Crippen molar-refractivity contribution in [3.63, 3.8) is 0 Å². The maximum absolute atomic E-state index is 7.91. The zero-order valence-corrected chi connectivity index (χ0v) is 20.1. The summed E-state index contributed by atoms with van der Waals surface area (Å²) in [5.74, 6) is 0. The molecular weight excluding hydrogens is 416 g/mol. The van der Waals surface area contributed by atoms with Crippen LogP contribution in [0.25, 0.3) is 58.7 Å². The van der Waals surface area contributed by atoms with E-state index in [1.54, 1.807) is 0 Å². The number of aryl methyl sites for hydroxylation is 3. The number of pyridine rings is 2. The number of hydrogen-bond donors (Lipinski definition) is 0. The molecule has 0 saturated heterocycles. The van der Waals surface area contributed by atoms with Gasteiger partial charge in [0.15, 0.2) is 6.20 Å². The van der Waals surface area contributed by atoms with E-state index < -0.39 is 5.54 Å². The number of rotatable bonds is 2. The molecule has 0 aliphatic heterocycles. The highest BCUT2D eigenvalue weighted by Crippen LogP contribution is 2.44. The molecule has 0 saturated carbocycles. The summed E-state index contributed by atoms with van der Waals surface area (Å²) in [5.41, 5.74) is 8.33. The Bertz CT molecular complexity index is 1910. The Morgan fingerprint density at radius 1 is 0.971 bits per heavy atom. The van der Waals surface area contributed by atoms with Crippen molar-refractivity contribution in [1.29, 1.82) is 0 Å². The summed E-state index contributed by atoms with van der Waals surface area (Å²) in [6, 6.07) is 15.0. The van der Waals surface area contributed by atoms with Crippen LogP contribution in [0.15, 0.2) is 48.7 Å². The van der Waals surface area contributed by atoms with E-state index >= 15 is 0 Å². The number of nitrogens with zero attached hydrogens (tertiary/aromatic N) is 4. The second-order valence-electron chi connectivity index (χ2n) is 10.2. The molecule has 0 radical (unpaired) electrons. The first-order chi connectivity index (χ1) is 16.3. The predicted molar refractivity (Wildman–Crippen MR) is 140 cm³/mol. The topological polar surface area (TPSA) is 17.0 Å². The number of fused-ring (bicyclic) bond motifs is 5. The minimum absolute atomic E-state index is 0.474. The minimum Gasteiger partial charge on any atom is -0.317 e. The summed E-state index contributed by atoms with van der Waals surface area (Å²) in [5, 5.41) is 5.92. The van der Waals surface area contributed by atoms with Crippen molar-refractivity contribution in [3.8, 4) is 0 Å². The van der Waals surface area contributed by atoms with Gasteiger partial charge in [0.2, 0.25) is 16.7 Å². The van der Waals surface area contributed by atoms with Gasteiger partial charge in [0.25, 0.3) is 0 Å². The van der Waals surface area contributed by atoms with E-state index in [9.17, 15) is 0 Å². The molecule has 3 heterocycles. The third-order valence-corrected chi connectivity index (χ3v) is 7.38. The molecule has 0 unspecified atom stereocenters. The number of hydrogen-bond acceptors (Lipinski definition) is 0. The average Bonchev–Trinajstić information content (AvgIpc) is 3.14. The van der Waals surface area contributed by atoms with Gasteiger partial charge < -0.3 is 9.25 Å². The molecule has 3 aromatic carbocycles. The molecular formula is C30H25N4+. The summed E-state index contributed by atoms with van der Waals surface area (Å²) in [6.45, 7) is 23.9. The smallest absolute Gasteiger partial charge is 0.231 e. The zero-order chi connectivity index (χ0) is 23.9. The lowest BCUT2D eigenvalue weighted by Gasteiger charge is -2.17. The Balaban J connectivity index is 1.99. The van der Waals surface area contributed by atoms with Crippen molar-refractivity contribution in [1.82, 2.24) is 4.40 Å². The summed E-state index contributed by atoms with van der Waals surface area (Å²) in [7, 11) is 2.12. The fraction of sp³-hybridized carbons (Fsp3) is 0.233. The van der Waals surface area contributed by atoms with Gasteiger partial charge in [0.1, 0.15) is 7.05 Å². The lowest BCUT2D eigenvalue weighted by molar-refractivity contribution is -0.643. The fourth-order valence-corrected chi connectivity index (χ4v) is 5.72. The maximum Gasteiger partial charge on any atom is 0.231 e. The third-order valence-electron chi connectivity index (χ3n) is 7.38. The van der Waals surface area contributed by atoms with Crippen LogP contribution < -0.4 is 4.57 Å². The molecule has 0 spiro atoms. The van der Waals surface area contributed by atoms with E-state index in [0.717, 1.165) is 22.0 Å². The molecule has 164 valence electrons. The van der Waals surface area contributed by atoms with Crippen LogP contribution in [0.4, 0.5) is 5.69 Å². The van der Waals surface area contributed by atoms with Crippen LogP contribution in [0.2, 0.25) is 0 Å². The molecule has 0 atom stereocenters. The van der Waals surface area contributed by atoms with Crippen molar-refractivity contribution in [2.75, 3.05) is 0 Å². The number of para-hydroxylation sites is 1. The fourth-order valence-electron chi connectivity index (χ4n) is 5.72. The molecule has 6 rings (SSSR count). The van der Waals surface area contributed by atoms with Gasteiger partial charge >= 0.3 is 0 Å². The number of aromatic nitrogens is 2. The zero-order valence-electron chi connectivity index (χ0n) is 20.1. The largest absolute Gasteiger partial charge is 0.317 e. The van der Waals surface area contributed by atoms with Crippen molar-refractivity contribution in [3.05, 3.63) is 88.2 Å². The van der Waals surface area contributed by atoms with Crippen LogP contribution in [0, 0.1) is 27.0 Å². The molecule has 4 nitrogen and oxygen atoms in total. The lowest BCUT2D eigenvalue weighted by atomic mass is 9.92. The molecule has 3 aromatic heterocycles. The van der Waals surface area contributed by atoms with E-state index in [0.29, 0.717) is 12.1 Å². The summed E-state index contributed by atoms with van der Waals surface area (Å²) >= 11 is 0. The molecule has 6 aromatic rings. The van der Waals surface area contributed by atoms with Gasteiger partial charge in [-0.05, 0) is 53.4 Å². The first kappa shape index (κ1) is 20.5. The van der Waals surface area contributed by atoms with Crippen molar-refractivity contribution >= 4 is 54.7 Å². The Morgan fingerprint density at radius 3 is 2.50 bits per heavy atom.